The van der Waals surface area contributed by atoms with Crippen molar-refractivity contribution in [3.63, 3.8) is 0 Å². The van der Waals surface area contributed by atoms with E-state index >= 15 is 0 Å². The number of pyridine rings is 1. The number of nitrogens with zero attached hydrogens (tertiary/aromatic N) is 4. The third-order valence-corrected chi connectivity index (χ3v) is 4.56. The maximum absolute atomic E-state index is 13.2. The van der Waals surface area contributed by atoms with Gasteiger partial charge >= 0.3 is 0 Å². The van der Waals surface area contributed by atoms with Crippen molar-refractivity contribution >= 4 is 11.6 Å². The predicted octanol–water partition coefficient (Wildman–Crippen LogP) is 2.17. The highest BCUT2D eigenvalue weighted by Crippen LogP contribution is 2.23. The lowest BCUT2D eigenvalue weighted by Gasteiger charge is -2.38. The van der Waals surface area contributed by atoms with Gasteiger partial charge in [-0.1, -0.05) is 12.1 Å². The van der Waals surface area contributed by atoms with Gasteiger partial charge in [0.2, 0.25) is 5.91 Å². The Morgan fingerprint density at radius 2 is 1.64 bits per heavy atom. The van der Waals surface area contributed by atoms with Crippen LogP contribution in [0.5, 0.6) is 0 Å². The van der Waals surface area contributed by atoms with E-state index in [-0.39, 0.29) is 11.7 Å². The summed E-state index contributed by atoms with van der Waals surface area (Å²) in [5.41, 5.74) is 1.94. The molecule has 1 fully saturated rings. The van der Waals surface area contributed by atoms with Crippen molar-refractivity contribution in [1.82, 2.24) is 14.8 Å². The topological polar surface area (TPSA) is 39.7 Å². The minimum Gasteiger partial charge on any atom is -0.368 e. The van der Waals surface area contributed by atoms with E-state index in [1.807, 2.05) is 36.0 Å². The second-order valence-corrected chi connectivity index (χ2v) is 6.44. The Hall–Kier alpha value is -2.47. The fraction of sp³-hybridized carbons (Fsp3) is 0.368. The molecular formula is C19H23FN4O. The Labute approximate surface area is 147 Å². The number of benzene rings is 1. The number of carbonyl (C=O) groups is 1. The highest BCUT2D eigenvalue weighted by Gasteiger charge is 2.30. The molecule has 25 heavy (non-hydrogen) atoms. The molecule has 1 amide bonds. The van der Waals surface area contributed by atoms with Crippen LogP contribution < -0.4 is 4.90 Å². The molecule has 0 aliphatic carbocycles. The largest absolute Gasteiger partial charge is 0.368 e. The minimum atomic E-state index is -0.395. The van der Waals surface area contributed by atoms with Crippen molar-refractivity contribution < 1.29 is 9.18 Å². The molecule has 1 unspecified atom stereocenters. The van der Waals surface area contributed by atoms with E-state index < -0.39 is 6.04 Å². The molecule has 0 saturated carbocycles. The second kappa shape index (κ2) is 7.61. The molecule has 6 heteroatoms. The lowest BCUT2D eigenvalue weighted by Crippen LogP contribution is -2.51. The summed E-state index contributed by atoms with van der Waals surface area (Å²) in [6.07, 6.45) is 3.56. The molecule has 1 atom stereocenters. The Morgan fingerprint density at radius 3 is 2.20 bits per heavy atom. The fourth-order valence-corrected chi connectivity index (χ4v) is 3.22. The molecule has 0 spiro atoms. The molecule has 0 radical (unpaired) electrons. The van der Waals surface area contributed by atoms with Gasteiger partial charge in [0.15, 0.2) is 0 Å². The van der Waals surface area contributed by atoms with E-state index in [1.54, 1.807) is 24.5 Å². The molecule has 2 aromatic rings. The van der Waals surface area contributed by atoms with Crippen LogP contribution in [0.1, 0.15) is 11.6 Å². The zero-order valence-electron chi connectivity index (χ0n) is 14.6. The first-order valence-corrected chi connectivity index (χ1v) is 8.42. The van der Waals surface area contributed by atoms with E-state index in [2.05, 4.69) is 9.88 Å². The van der Waals surface area contributed by atoms with E-state index in [4.69, 9.17) is 0 Å². The molecular weight excluding hydrogens is 319 g/mol. The Morgan fingerprint density at radius 1 is 1.04 bits per heavy atom. The predicted molar refractivity (Wildman–Crippen MR) is 95.9 cm³/mol. The molecule has 1 aromatic carbocycles. The summed E-state index contributed by atoms with van der Waals surface area (Å²) >= 11 is 0. The molecule has 132 valence electrons. The van der Waals surface area contributed by atoms with Crippen LogP contribution in [0.4, 0.5) is 10.1 Å². The summed E-state index contributed by atoms with van der Waals surface area (Å²) < 4.78 is 13.2. The summed E-state index contributed by atoms with van der Waals surface area (Å²) in [6.45, 7) is 2.93. The Balaban J connectivity index is 1.68. The minimum absolute atomic E-state index is 0.0611. The summed E-state index contributed by atoms with van der Waals surface area (Å²) in [5, 5.41) is 0. The summed E-state index contributed by atoms with van der Waals surface area (Å²) in [6, 6.07) is 9.75. The van der Waals surface area contributed by atoms with Crippen LogP contribution >= 0.6 is 0 Å². The number of hydrogen-bond donors (Lipinski definition) is 0. The van der Waals surface area contributed by atoms with Crippen LogP contribution in [0.3, 0.4) is 0 Å². The summed E-state index contributed by atoms with van der Waals surface area (Å²) in [4.78, 5) is 23.1. The van der Waals surface area contributed by atoms with Gasteiger partial charge in [0.1, 0.15) is 11.9 Å². The first-order chi connectivity index (χ1) is 12.1. The van der Waals surface area contributed by atoms with Crippen molar-refractivity contribution in [2.75, 3.05) is 45.2 Å². The van der Waals surface area contributed by atoms with Gasteiger partial charge in [-0.3, -0.25) is 14.7 Å². The normalized spacial score (nSPS) is 16.2. The van der Waals surface area contributed by atoms with Gasteiger partial charge in [-0.25, -0.2) is 4.39 Å². The van der Waals surface area contributed by atoms with Crippen molar-refractivity contribution in [2.24, 2.45) is 0 Å². The number of hydrogen-bond acceptors (Lipinski definition) is 4. The van der Waals surface area contributed by atoms with E-state index in [1.165, 1.54) is 12.1 Å². The maximum atomic E-state index is 13.2. The van der Waals surface area contributed by atoms with Gasteiger partial charge in [-0.2, -0.15) is 0 Å². The van der Waals surface area contributed by atoms with Crippen LogP contribution in [0.15, 0.2) is 48.8 Å². The SMILES string of the molecule is CN(C)C(C(=O)N1CCN(c2ccncc2)CC1)c1ccc(F)cc1. The molecule has 1 aliphatic heterocycles. The number of halogens is 1. The Kier molecular flexibility index (Phi) is 5.28. The first kappa shape index (κ1) is 17.4. The van der Waals surface area contributed by atoms with Crippen LogP contribution in [-0.2, 0) is 4.79 Å². The number of anilines is 1. The van der Waals surface area contributed by atoms with Gasteiger partial charge in [0, 0.05) is 44.3 Å². The molecule has 0 N–H and O–H groups in total. The molecule has 3 rings (SSSR count). The zero-order valence-corrected chi connectivity index (χ0v) is 14.6. The third kappa shape index (κ3) is 3.96. The lowest BCUT2D eigenvalue weighted by molar-refractivity contribution is -0.136. The zero-order chi connectivity index (χ0) is 17.8. The molecule has 1 aliphatic rings. The Bertz CT molecular complexity index is 697. The number of carbonyl (C=O) groups excluding carboxylic acids is 1. The second-order valence-electron chi connectivity index (χ2n) is 6.44. The van der Waals surface area contributed by atoms with Gasteiger partial charge in [0.25, 0.3) is 0 Å². The molecule has 0 bridgehead atoms. The van der Waals surface area contributed by atoms with Crippen molar-refractivity contribution in [3.8, 4) is 0 Å². The van der Waals surface area contributed by atoms with Crippen LogP contribution in [0.25, 0.3) is 0 Å². The van der Waals surface area contributed by atoms with Gasteiger partial charge < -0.3 is 9.80 Å². The van der Waals surface area contributed by atoms with Crippen LogP contribution in [-0.4, -0.2) is 61.0 Å². The number of rotatable bonds is 4. The third-order valence-electron chi connectivity index (χ3n) is 4.56. The highest BCUT2D eigenvalue weighted by atomic mass is 19.1. The average Bonchev–Trinajstić information content (AvgIpc) is 2.64. The van der Waals surface area contributed by atoms with Gasteiger partial charge in [-0.05, 0) is 43.9 Å². The highest BCUT2D eigenvalue weighted by molar-refractivity contribution is 5.83. The van der Waals surface area contributed by atoms with E-state index in [0.29, 0.717) is 13.1 Å². The molecule has 1 aromatic heterocycles. The van der Waals surface area contributed by atoms with Crippen LogP contribution in [0.2, 0.25) is 0 Å². The average molecular weight is 342 g/mol. The maximum Gasteiger partial charge on any atom is 0.244 e. The van der Waals surface area contributed by atoms with Crippen LogP contribution in [0, 0.1) is 5.82 Å². The van der Waals surface area contributed by atoms with E-state index in [9.17, 15) is 9.18 Å². The van der Waals surface area contributed by atoms with Gasteiger partial charge in [-0.15, -0.1) is 0 Å². The molecule has 2 heterocycles. The monoisotopic (exact) mass is 342 g/mol. The summed E-state index contributed by atoms with van der Waals surface area (Å²) in [7, 11) is 3.75. The van der Waals surface area contributed by atoms with Crippen molar-refractivity contribution in [3.05, 3.63) is 60.2 Å². The quantitative estimate of drug-likeness (QED) is 0.854. The van der Waals surface area contributed by atoms with Gasteiger partial charge in [0.05, 0.1) is 0 Å². The number of piperazine rings is 1. The number of likely N-dealkylation sites (N-methyl/N-ethyl adjacent to an activating group) is 1. The summed E-state index contributed by atoms with van der Waals surface area (Å²) in [5.74, 6) is -0.231. The molecule has 1 saturated heterocycles. The number of amides is 1. The standard InChI is InChI=1S/C19H23FN4O/c1-22(2)18(15-3-5-16(20)6-4-15)19(25)24-13-11-23(12-14-24)17-7-9-21-10-8-17/h3-10,18H,11-14H2,1-2H3. The van der Waals surface area contributed by atoms with Crippen molar-refractivity contribution in [2.45, 2.75) is 6.04 Å². The lowest BCUT2D eigenvalue weighted by atomic mass is 10.0. The smallest absolute Gasteiger partial charge is 0.244 e. The molecule has 5 nitrogen and oxygen atoms in total. The fourth-order valence-electron chi connectivity index (χ4n) is 3.22. The number of aromatic nitrogens is 1. The van der Waals surface area contributed by atoms with E-state index in [0.717, 1.165) is 24.3 Å². The first-order valence-electron chi connectivity index (χ1n) is 8.42. The van der Waals surface area contributed by atoms with Crippen molar-refractivity contribution in [1.29, 1.82) is 0 Å².